The van der Waals surface area contributed by atoms with Gasteiger partial charge in [0.2, 0.25) is 0 Å². The fraction of sp³-hybridized carbons (Fsp3) is 0.381. The van der Waals surface area contributed by atoms with Crippen LogP contribution in [0.2, 0.25) is 0 Å². The smallest absolute Gasteiger partial charge is 0.410 e. The molecule has 3 N–H and O–H groups in total. The van der Waals surface area contributed by atoms with Gasteiger partial charge in [-0.15, -0.1) is 0 Å². The van der Waals surface area contributed by atoms with Gasteiger partial charge in [-0.05, 0) is 41.5 Å². The lowest BCUT2D eigenvalue weighted by atomic mass is 9.98. The number of ether oxygens (including phenoxy) is 1. The summed E-state index contributed by atoms with van der Waals surface area (Å²) in [5, 5.41) is 0. The molecule has 0 radical (unpaired) electrons. The van der Waals surface area contributed by atoms with Crippen molar-refractivity contribution in [3.05, 3.63) is 59.7 Å². The fourth-order valence-electron chi connectivity index (χ4n) is 4.22. The van der Waals surface area contributed by atoms with Crippen molar-refractivity contribution in [2.24, 2.45) is 0 Å². The number of rotatable bonds is 3. The topological polar surface area (TPSA) is 57.2 Å². The minimum absolute atomic E-state index is 0.124. The van der Waals surface area contributed by atoms with E-state index in [9.17, 15) is 4.79 Å². The van der Waals surface area contributed by atoms with Crippen molar-refractivity contribution in [2.75, 3.05) is 19.7 Å². The third-order valence-electron chi connectivity index (χ3n) is 5.53. The van der Waals surface area contributed by atoms with E-state index in [1.54, 1.807) is 0 Å². The minimum atomic E-state index is -0.185. The first-order chi connectivity index (χ1) is 12.3. The van der Waals surface area contributed by atoms with Gasteiger partial charge in [-0.1, -0.05) is 48.5 Å². The van der Waals surface area contributed by atoms with Crippen molar-refractivity contribution in [1.29, 1.82) is 0 Å². The molecule has 1 heterocycles. The average molecular weight is 337 g/mol. The highest BCUT2D eigenvalue weighted by molar-refractivity contribution is 5.79. The summed E-state index contributed by atoms with van der Waals surface area (Å²) in [5.74, 6) is 0.124. The highest BCUT2D eigenvalue weighted by Crippen LogP contribution is 2.44. The number of quaternary nitrogens is 1. The zero-order valence-corrected chi connectivity index (χ0v) is 14.5. The standard InChI is InChI=1S/C21H24N2O2/c22-13-15-7-5-6-12-23(15)21(24)25-14-20-18-10-3-1-8-16(18)17-9-2-4-11-19(17)20/h1-4,8-11,15,20H,5-7,12-14,22H2/p+1/t15-/m1/s1. The van der Waals surface area contributed by atoms with E-state index in [0.717, 1.165) is 25.9 Å². The maximum atomic E-state index is 12.6. The van der Waals surface area contributed by atoms with Crippen molar-refractivity contribution in [2.45, 2.75) is 31.2 Å². The number of fused-ring (bicyclic) bond motifs is 3. The van der Waals surface area contributed by atoms with Crippen LogP contribution >= 0.6 is 0 Å². The van der Waals surface area contributed by atoms with Crippen LogP contribution in [0.3, 0.4) is 0 Å². The van der Waals surface area contributed by atoms with Crippen LogP contribution in [0.15, 0.2) is 48.5 Å². The van der Waals surface area contributed by atoms with E-state index in [0.29, 0.717) is 6.61 Å². The van der Waals surface area contributed by atoms with Gasteiger partial charge in [0.25, 0.3) is 0 Å². The molecule has 0 spiro atoms. The summed E-state index contributed by atoms with van der Waals surface area (Å²) in [4.78, 5) is 14.5. The van der Waals surface area contributed by atoms with Crippen LogP contribution in [0.1, 0.15) is 36.3 Å². The van der Waals surface area contributed by atoms with Crippen LogP contribution < -0.4 is 5.73 Å². The van der Waals surface area contributed by atoms with Crippen molar-refractivity contribution in [3.8, 4) is 11.1 Å². The summed E-state index contributed by atoms with van der Waals surface area (Å²) in [6.45, 7) is 1.94. The quantitative estimate of drug-likeness (QED) is 0.936. The summed E-state index contributed by atoms with van der Waals surface area (Å²) in [7, 11) is 0. The Labute approximate surface area is 148 Å². The van der Waals surface area contributed by atoms with Gasteiger partial charge in [0.05, 0.1) is 12.6 Å². The molecule has 130 valence electrons. The molecule has 1 fully saturated rings. The minimum Gasteiger partial charge on any atom is -0.448 e. The highest BCUT2D eigenvalue weighted by atomic mass is 16.6. The lowest BCUT2D eigenvalue weighted by Gasteiger charge is -2.33. The van der Waals surface area contributed by atoms with E-state index in [1.807, 2.05) is 4.90 Å². The van der Waals surface area contributed by atoms with E-state index in [4.69, 9.17) is 4.74 Å². The molecule has 0 aromatic heterocycles. The van der Waals surface area contributed by atoms with Crippen LogP contribution in [-0.4, -0.2) is 36.7 Å². The molecule has 0 bridgehead atoms. The summed E-state index contributed by atoms with van der Waals surface area (Å²) < 4.78 is 5.77. The number of hydrogen-bond acceptors (Lipinski definition) is 2. The number of amides is 1. The molecule has 1 atom stereocenters. The molecule has 25 heavy (non-hydrogen) atoms. The maximum absolute atomic E-state index is 12.6. The van der Waals surface area contributed by atoms with Crippen molar-refractivity contribution in [3.63, 3.8) is 0 Å². The molecule has 1 amide bonds. The van der Waals surface area contributed by atoms with Crippen LogP contribution in [0.5, 0.6) is 0 Å². The van der Waals surface area contributed by atoms with E-state index in [2.05, 4.69) is 54.3 Å². The lowest BCUT2D eigenvalue weighted by molar-refractivity contribution is -0.378. The summed E-state index contributed by atoms with van der Waals surface area (Å²) in [6, 6.07) is 17.1. The Hall–Kier alpha value is -2.33. The molecule has 4 heteroatoms. The number of carbonyl (C=O) groups excluding carboxylic acids is 1. The van der Waals surface area contributed by atoms with Crippen molar-refractivity contribution < 1.29 is 15.3 Å². The number of nitrogens with zero attached hydrogens (tertiary/aromatic N) is 1. The van der Waals surface area contributed by atoms with Crippen molar-refractivity contribution >= 4 is 6.09 Å². The van der Waals surface area contributed by atoms with Gasteiger partial charge in [0.1, 0.15) is 6.61 Å². The molecular weight excluding hydrogens is 312 g/mol. The Morgan fingerprint density at radius 1 is 1.04 bits per heavy atom. The maximum Gasteiger partial charge on any atom is 0.410 e. The molecule has 4 nitrogen and oxygen atoms in total. The molecule has 4 rings (SSSR count). The Balaban J connectivity index is 1.52. The SMILES string of the molecule is [NH3+]C[C@H]1CCCCN1C(=O)OCC1c2ccccc2-c2ccccc21. The molecule has 1 aliphatic heterocycles. The first kappa shape index (κ1) is 16.2. The normalized spacial score (nSPS) is 19.4. The Morgan fingerprint density at radius 3 is 2.32 bits per heavy atom. The van der Waals surface area contributed by atoms with Crippen LogP contribution in [0, 0.1) is 0 Å². The van der Waals surface area contributed by atoms with E-state index in [1.165, 1.54) is 28.7 Å². The molecule has 0 unspecified atom stereocenters. The fourth-order valence-corrected chi connectivity index (χ4v) is 4.22. The molecule has 0 saturated carbocycles. The van der Waals surface area contributed by atoms with Gasteiger partial charge in [0, 0.05) is 12.5 Å². The van der Waals surface area contributed by atoms with Gasteiger partial charge in [-0.2, -0.15) is 0 Å². The zero-order valence-electron chi connectivity index (χ0n) is 14.5. The molecule has 1 saturated heterocycles. The van der Waals surface area contributed by atoms with Crippen LogP contribution in [0.4, 0.5) is 4.79 Å². The number of likely N-dealkylation sites (tertiary alicyclic amines) is 1. The van der Waals surface area contributed by atoms with E-state index >= 15 is 0 Å². The van der Waals surface area contributed by atoms with Crippen LogP contribution in [0.25, 0.3) is 11.1 Å². The second-order valence-electron chi connectivity index (χ2n) is 6.94. The van der Waals surface area contributed by atoms with Gasteiger partial charge < -0.3 is 10.5 Å². The summed E-state index contributed by atoms with van der Waals surface area (Å²) >= 11 is 0. The third kappa shape index (κ3) is 2.91. The number of carbonyl (C=O) groups is 1. The Morgan fingerprint density at radius 2 is 1.68 bits per heavy atom. The van der Waals surface area contributed by atoms with Gasteiger partial charge in [-0.25, -0.2) is 4.79 Å². The van der Waals surface area contributed by atoms with Gasteiger partial charge in [0.15, 0.2) is 0 Å². The Kier molecular flexibility index (Phi) is 4.45. The third-order valence-corrected chi connectivity index (χ3v) is 5.53. The second kappa shape index (κ2) is 6.89. The highest BCUT2D eigenvalue weighted by Gasteiger charge is 2.32. The zero-order chi connectivity index (χ0) is 17.2. The predicted molar refractivity (Wildman–Crippen MR) is 97.2 cm³/mol. The first-order valence-corrected chi connectivity index (χ1v) is 9.20. The number of hydrogen-bond donors (Lipinski definition) is 1. The number of benzene rings is 2. The summed E-state index contributed by atoms with van der Waals surface area (Å²) in [5.41, 5.74) is 9.01. The van der Waals surface area contributed by atoms with Gasteiger partial charge in [-0.3, -0.25) is 4.90 Å². The second-order valence-corrected chi connectivity index (χ2v) is 6.94. The lowest BCUT2D eigenvalue weighted by Crippen LogP contribution is -2.62. The Bertz CT molecular complexity index is 728. The monoisotopic (exact) mass is 337 g/mol. The van der Waals surface area contributed by atoms with E-state index in [-0.39, 0.29) is 18.1 Å². The van der Waals surface area contributed by atoms with E-state index < -0.39 is 0 Å². The molecule has 2 aromatic carbocycles. The van der Waals surface area contributed by atoms with Crippen molar-refractivity contribution in [1.82, 2.24) is 4.90 Å². The molecular formula is C21H25N2O2+. The average Bonchev–Trinajstić information content (AvgIpc) is 3.00. The number of piperidine rings is 1. The molecule has 2 aromatic rings. The van der Waals surface area contributed by atoms with Crippen LogP contribution in [-0.2, 0) is 4.74 Å². The van der Waals surface area contributed by atoms with Gasteiger partial charge >= 0.3 is 6.09 Å². The molecule has 1 aliphatic carbocycles. The first-order valence-electron chi connectivity index (χ1n) is 9.20. The predicted octanol–water partition coefficient (Wildman–Crippen LogP) is 3.03. The summed E-state index contributed by atoms with van der Waals surface area (Å²) in [6.07, 6.45) is 3.08. The largest absolute Gasteiger partial charge is 0.448 e. The molecule has 2 aliphatic rings.